The van der Waals surface area contributed by atoms with Crippen molar-refractivity contribution in [1.29, 1.82) is 0 Å². The van der Waals surface area contributed by atoms with E-state index in [1.165, 1.54) is 0 Å². The minimum Gasteiger partial charge on any atom is -0.388 e. The van der Waals surface area contributed by atoms with Crippen molar-refractivity contribution in [2.75, 3.05) is 0 Å². The maximum atomic E-state index is 11.5. The van der Waals surface area contributed by atoms with E-state index in [4.69, 9.17) is 28.4 Å². The van der Waals surface area contributed by atoms with Gasteiger partial charge in [0, 0.05) is 0 Å². The lowest BCUT2D eigenvalue weighted by atomic mass is 9.86. The Morgan fingerprint density at radius 2 is 1.15 bits per heavy atom. The topological polar surface area (TPSA) is 95.8 Å². The molecule has 238 valence electrons. The van der Waals surface area contributed by atoms with Gasteiger partial charge in [-0.25, -0.2) is 0 Å². The molecule has 5 saturated heterocycles. The third-order valence-electron chi connectivity index (χ3n) is 11.1. The van der Waals surface area contributed by atoms with E-state index in [1.807, 2.05) is 34.6 Å². The van der Waals surface area contributed by atoms with Crippen molar-refractivity contribution in [3.8, 4) is 0 Å². The molecule has 0 aliphatic carbocycles. The Hall–Kier alpha value is -0.320. The zero-order valence-corrected chi connectivity index (χ0v) is 27.4. The normalized spacial score (nSPS) is 47.7. The molecule has 0 spiro atoms. The first-order chi connectivity index (χ1) is 18.7. The highest BCUT2D eigenvalue weighted by Gasteiger charge is 2.57. The molecule has 5 heterocycles. The summed E-state index contributed by atoms with van der Waals surface area (Å²) in [6.07, 6.45) is 7.85. The average molecular weight is 583 g/mol. The lowest BCUT2D eigenvalue weighted by molar-refractivity contribution is -0.209. The summed E-state index contributed by atoms with van der Waals surface area (Å²) in [4.78, 5) is 0. The van der Waals surface area contributed by atoms with E-state index >= 15 is 0 Å². The van der Waals surface area contributed by atoms with Gasteiger partial charge in [-0.05, 0) is 133 Å². The van der Waals surface area contributed by atoms with Gasteiger partial charge in [0.1, 0.15) is 0 Å². The molecule has 0 bridgehead atoms. The Balaban J connectivity index is 1.15. The molecule has 0 radical (unpaired) electrons. The second-order valence-corrected chi connectivity index (χ2v) is 16.3. The van der Waals surface area contributed by atoms with Crippen molar-refractivity contribution in [3.63, 3.8) is 0 Å². The lowest BCUT2D eigenvalue weighted by Crippen LogP contribution is -2.48. The van der Waals surface area contributed by atoms with Crippen molar-refractivity contribution < 1.29 is 38.6 Å². The van der Waals surface area contributed by atoms with E-state index < -0.39 is 28.2 Å². The molecule has 5 rings (SSSR count). The number of rotatable bonds is 8. The molecular formula is C33H58O8. The maximum Gasteiger partial charge on any atom is 0.164 e. The molecule has 8 nitrogen and oxygen atoms in total. The van der Waals surface area contributed by atoms with Gasteiger partial charge in [-0.2, -0.15) is 0 Å². The predicted octanol–water partition coefficient (Wildman–Crippen LogP) is 5.58. The molecule has 5 fully saturated rings. The Labute approximate surface area is 248 Å². The summed E-state index contributed by atoms with van der Waals surface area (Å²) in [5.74, 6) is -0.612. The van der Waals surface area contributed by atoms with Gasteiger partial charge in [0.05, 0.1) is 70.2 Å². The molecule has 5 aliphatic heterocycles. The van der Waals surface area contributed by atoms with Crippen molar-refractivity contribution in [1.82, 2.24) is 0 Å². The van der Waals surface area contributed by atoms with Gasteiger partial charge in [0.15, 0.2) is 5.79 Å². The highest BCUT2D eigenvalue weighted by molar-refractivity contribution is 5.06. The van der Waals surface area contributed by atoms with Crippen LogP contribution in [-0.2, 0) is 28.4 Å². The first-order valence-corrected chi connectivity index (χ1v) is 16.2. The quantitative estimate of drug-likeness (QED) is 0.383. The number of ether oxygens (including phenoxy) is 6. The Bertz CT molecular complexity index is 957. The molecule has 0 amide bonds. The average Bonchev–Trinajstić information content (AvgIpc) is 3.62. The van der Waals surface area contributed by atoms with Gasteiger partial charge in [0.25, 0.3) is 0 Å². The van der Waals surface area contributed by atoms with Gasteiger partial charge in [-0.3, -0.25) is 0 Å². The molecule has 0 aromatic heterocycles. The number of hydrogen-bond acceptors (Lipinski definition) is 8. The smallest absolute Gasteiger partial charge is 0.164 e. The van der Waals surface area contributed by atoms with E-state index in [0.29, 0.717) is 12.8 Å². The number of hydrogen-bond donors (Lipinski definition) is 2. The second-order valence-electron chi connectivity index (χ2n) is 16.3. The SMILES string of the molecule is CC1(C)O[C@H](CC[C@](C)(O)[C@H]2CC[C@@](C)([C@H]3CC[C@@H]([C@@]4(C)CC[C@@H]([C@@]5(C)CC[C@@H](C(C)(C)O)O5)O4)O3)O2)C(C)(C)O1. The van der Waals surface area contributed by atoms with Crippen molar-refractivity contribution in [2.24, 2.45) is 0 Å². The highest BCUT2D eigenvalue weighted by atomic mass is 16.8. The van der Waals surface area contributed by atoms with Crippen LogP contribution in [0.5, 0.6) is 0 Å². The van der Waals surface area contributed by atoms with Crippen LogP contribution >= 0.6 is 0 Å². The summed E-state index contributed by atoms with van der Waals surface area (Å²) in [6.45, 7) is 20.0. The van der Waals surface area contributed by atoms with Crippen molar-refractivity contribution >= 4 is 0 Å². The predicted molar refractivity (Wildman–Crippen MR) is 156 cm³/mol. The van der Waals surface area contributed by atoms with E-state index in [1.54, 1.807) is 0 Å². The Morgan fingerprint density at radius 1 is 0.634 bits per heavy atom. The van der Waals surface area contributed by atoms with Crippen LogP contribution in [0, 0.1) is 0 Å². The van der Waals surface area contributed by atoms with Crippen LogP contribution in [0.2, 0.25) is 0 Å². The number of aliphatic hydroxyl groups is 2. The summed E-state index contributed by atoms with van der Waals surface area (Å²) >= 11 is 0. The fourth-order valence-electron chi connectivity index (χ4n) is 8.39. The van der Waals surface area contributed by atoms with Crippen LogP contribution in [0.15, 0.2) is 0 Å². The lowest BCUT2D eigenvalue weighted by Gasteiger charge is -2.38. The molecule has 10 atom stereocenters. The third kappa shape index (κ3) is 6.28. The fourth-order valence-corrected chi connectivity index (χ4v) is 8.39. The highest BCUT2D eigenvalue weighted by Crippen LogP contribution is 2.50. The fraction of sp³-hybridized carbons (Fsp3) is 1.00. The van der Waals surface area contributed by atoms with E-state index in [2.05, 4.69) is 34.6 Å². The Morgan fingerprint density at radius 3 is 1.68 bits per heavy atom. The monoisotopic (exact) mass is 582 g/mol. The molecule has 0 saturated carbocycles. The molecular weight excluding hydrogens is 524 g/mol. The molecule has 0 aromatic rings. The largest absolute Gasteiger partial charge is 0.388 e. The van der Waals surface area contributed by atoms with Gasteiger partial charge < -0.3 is 38.6 Å². The zero-order valence-electron chi connectivity index (χ0n) is 27.4. The summed E-state index contributed by atoms with van der Waals surface area (Å²) in [6, 6.07) is 0. The summed E-state index contributed by atoms with van der Waals surface area (Å²) in [5, 5.41) is 22.0. The van der Waals surface area contributed by atoms with Crippen molar-refractivity contribution in [3.05, 3.63) is 0 Å². The third-order valence-corrected chi connectivity index (χ3v) is 11.1. The van der Waals surface area contributed by atoms with Crippen LogP contribution in [0.1, 0.15) is 133 Å². The van der Waals surface area contributed by atoms with Gasteiger partial charge in [-0.1, -0.05) is 0 Å². The molecule has 5 aliphatic rings. The van der Waals surface area contributed by atoms with E-state index in [-0.39, 0.29) is 47.8 Å². The van der Waals surface area contributed by atoms with Crippen LogP contribution in [0.25, 0.3) is 0 Å². The van der Waals surface area contributed by atoms with Gasteiger partial charge in [-0.15, -0.1) is 0 Å². The van der Waals surface area contributed by atoms with Crippen LogP contribution in [0.4, 0.5) is 0 Å². The minimum absolute atomic E-state index is 0.00216. The van der Waals surface area contributed by atoms with Crippen molar-refractivity contribution in [2.45, 2.75) is 209 Å². The van der Waals surface area contributed by atoms with Gasteiger partial charge in [0.2, 0.25) is 0 Å². The molecule has 8 heteroatoms. The van der Waals surface area contributed by atoms with Crippen LogP contribution < -0.4 is 0 Å². The molecule has 0 unspecified atom stereocenters. The minimum atomic E-state index is -0.965. The standard InChI is InChI=1S/C33H58O8/c1-27(2,34)21-14-18-33(10,38-21)26-16-20-32(9,40-26)25-12-11-24(36-25)31(8)19-15-23(39-31)30(7,35)17-13-22-28(3,4)41-29(5,6)37-22/h21-26,34-35H,11-20H2,1-10H3/t21-,22+,23+,24+,25-,26-,30-,31-,32+,33+/m0/s1. The molecule has 2 N–H and O–H groups in total. The first kappa shape index (κ1) is 32.1. The summed E-state index contributed by atoms with van der Waals surface area (Å²) in [7, 11) is 0. The van der Waals surface area contributed by atoms with E-state index in [9.17, 15) is 10.2 Å². The summed E-state index contributed by atoms with van der Waals surface area (Å²) in [5.41, 5.74) is -3.41. The molecule has 0 aromatic carbocycles. The van der Waals surface area contributed by atoms with Crippen LogP contribution in [-0.4, -0.2) is 86.2 Å². The first-order valence-electron chi connectivity index (χ1n) is 16.2. The van der Waals surface area contributed by atoms with Crippen LogP contribution in [0.3, 0.4) is 0 Å². The summed E-state index contributed by atoms with van der Waals surface area (Å²) < 4.78 is 38.9. The molecule has 41 heavy (non-hydrogen) atoms. The Kier molecular flexibility index (Phi) is 8.11. The van der Waals surface area contributed by atoms with Gasteiger partial charge >= 0.3 is 0 Å². The maximum absolute atomic E-state index is 11.5. The zero-order chi connectivity index (χ0) is 30.3. The second kappa shape index (κ2) is 10.4. The van der Waals surface area contributed by atoms with E-state index in [0.717, 1.165) is 51.4 Å².